The Balaban J connectivity index is 1.65. The van der Waals surface area contributed by atoms with Crippen molar-refractivity contribution >= 4 is 5.91 Å². The van der Waals surface area contributed by atoms with Gasteiger partial charge in [-0.1, -0.05) is 12.1 Å². The number of rotatable bonds is 4. The number of aromatic amines is 1. The molecule has 1 aromatic carbocycles. The smallest absolute Gasteiger partial charge is 0.280 e. The van der Waals surface area contributed by atoms with Gasteiger partial charge in [0.25, 0.3) is 11.5 Å². The van der Waals surface area contributed by atoms with Gasteiger partial charge in [-0.3, -0.25) is 14.7 Å². The summed E-state index contributed by atoms with van der Waals surface area (Å²) in [6.07, 6.45) is 5.14. The largest absolute Gasteiger partial charge is 0.349 e. The lowest BCUT2D eigenvalue weighted by atomic mass is 10.1. The molecule has 0 unspecified atom stereocenters. The number of H-pyrrole nitrogens is 1. The Bertz CT molecular complexity index is 1110. The molecule has 1 aliphatic rings. The van der Waals surface area contributed by atoms with E-state index in [1.165, 1.54) is 10.9 Å². The fourth-order valence-corrected chi connectivity index (χ4v) is 2.86. The van der Waals surface area contributed by atoms with Crippen molar-refractivity contribution in [2.24, 2.45) is 0 Å². The van der Waals surface area contributed by atoms with E-state index in [0.29, 0.717) is 28.1 Å². The zero-order valence-electron chi connectivity index (χ0n) is 14.7. The summed E-state index contributed by atoms with van der Waals surface area (Å²) in [5, 5.41) is 14.7. The standard InChI is InChI=1S/C20H17N5O2/c1-12-8-18(22-10-16(12)19(26)24-15-6-7-15)25-20(27)17(11-23-25)14-4-2-13(9-21)3-5-14/h2-5,8,10-11,15,23H,6-7H2,1H3,(H,24,26). The Morgan fingerprint density at radius 1 is 1.33 bits per heavy atom. The minimum absolute atomic E-state index is 0.133. The maximum atomic E-state index is 12.8. The van der Waals surface area contributed by atoms with E-state index in [4.69, 9.17) is 5.26 Å². The van der Waals surface area contributed by atoms with Crippen molar-refractivity contribution in [2.45, 2.75) is 25.8 Å². The highest BCUT2D eigenvalue weighted by Gasteiger charge is 2.24. The van der Waals surface area contributed by atoms with Crippen molar-refractivity contribution in [1.29, 1.82) is 5.26 Å². The Hall–Kier alpha value is -3.66. The number of pyridine rings is 1. The second-order valence-corrected chi connectivity index (χ2v) is 6.62. The molecule has 0 spiro atoms. The molecule has 2 heterocycles. The normalized spacial score (nSPS) is 13.2. The minimum Gasteiger partial charge on any atom is -0.349 e. The molecule has 7 heteroatoms. The third-order valence-corrected chi connectivity index (χ3v) is 4.58. The van der Waals surface area contributed by atoms with Crippen LogP contribution in [0.1, 0.15) is 34.3 Å². The van der Waals surface area contributed by atoms with Gasteiger partial charge in [-0.2, -0.15) is 5.26 Å². The number of benzene rings is 1. The second-order valence-electron chi connectivity index (χ2n) is 6.62. The van der Waals surface area contributed by atoms with Gasteiger partial charge in [-0.25, -0.2) is 9.67 Å². The van der Waals surface area contributed by atoms with E-state index in [2.05, 4.69) is 21.5 Å². The van der Waals surface area contributed by atoms with E-state index >= 15 is 0 Å². The Kier molecular flexibility index (Phi) is 4.09. The summed E-state index contributed by atoms with van der Waals surface area (Å²) in [7, 11) is 0. The maximum Gasteiger partial charge on any atom is 0.280 e. The van der Waals surface area contributed by atoms with Crippen LogP contribution in [0.4, 0.5) is 0 Å². The van der Waals surface area contributed by atoms with Crippen LogP contribution >= 0.6 is 0 Å². The molecule has 1 aliphatic carbocycles. The van der Waals surface area contributed by atoms with E-state index in [1.54, 1.807) is 36.5 Å². The number of amides is 1. The molecule has 4 rings (SSSR count). The predicted octanol–water partition coefficient (Wildman–Crippen LogP) is 2.30. The Labute approximate surface area is 155 Å². The molecule has 2 aromatic heterocycles. The fourth-order valence-electron chi connectivity index (χ4n) is 2.86. The van der Waals surface area contributed by atoms with Crippen LogP contribution in [0, 0.1) is 18.3 Å². The van der Waals surface area contributed by atoms with Gasteiger partial charge in [-0.15, -0.1) is 0 Å². The summed E-state index contributed by atoms with van der Waals surface area (Å²) < 4.78 is 1.34. The number of carbonyl (C=O) groups excluding carboxylic acids is 1. The first-order valence-electron chi connectivity index (χ1n) is 8.65. The molecule has 7 nitrogen and oxygen atoms in total. The number of nitrogens with one attached hydrogen (secondary N) is 2. The number of hydrogen-bond donors (Lipinski definition) is 2. The van der Waals surface area contributed by atoms with Crippen LogP contribution in [-0.4, -0.2) is 26.7 Å². The molecule has 0 radical (unpaired) electrons. The van der Waals surface area contributed by atoms with Crippen LogP contribution in [0.5, 0.6) is 0 Å². The van der Waals surface area contributed by atoms with Gasteiger partial charge in [0, 0.05) is 18.4 Å². The van der Waals surface area contributed by atoms with Crippen molar-refractivity contribution < 1.29 is 4.79 Å². The molecule has 1 saturated carbocycles. The fraction of sp³-hybridized carbons (Fsp3) is 0.200. The lowest BCUT2D eigenvalue weighted by Gasteiger charge is -2.08. The second kappa shape index (κ2) is 6.57. The van der Waals surface area contributed by atoms with Gasteiger partial charge >= 0.3 is 0 Å². The predicted molar refractivity (Wildman–Crippen MR) is 99.6 cm³/mol. The summed E-state index contributed by atoms with van der Waals surface area (Å²) >= 11 is 0. The topological polar surface area (TPSA) is 104 Å². The summed E-state index contributed by atoms with van der Waals surface area (Å²) in [4.78, 5) is 29.3. The van der Waals surface area contributed by atoms with Crippen molar-refractivity contribution in [3.8, 4) is 23.0 Å². The van der Waals surface area contributed by atoms with Gasteiger partial charge in [0.15, 0.2) is 5.82 Å². The zero-order chi connectivity index (χ0) is 19.0. The van der Waals surface area contributed by atoms with Gasteiger partial charge in [0.2, 0.25) is 0 Å². The molecule has 0 saturated heterocycles. The number of nitriles is 1. The van der Waals surface area contributed by atoms with E-state index in [9.17, 15) is 9.59 Å². The number of carbonyl (C=O) groups is 1. The quantitative estimate of drug-likeness (QED) is 0.746. The van der Waals surface area contributed by atoms with Crippen molar-refractivity contribution in [2.75, 3.05) is 0 Å². The third-order valence-electron chi connectivity index (χ3n) is 4.58. The third kappa shape index (κ3) is 3.25. The average Bonchev–Trinajstić information content (AvgIpc) is 3.41. The first-order valence-corrected chi connectivity index (χ1v) is 8.65. The molecule has 27 heavy (non-hydrogen) atoms. The monoisotopic (exact) mass is 359 g/mol. The molecule has 0 atom stereocenters. The molecule has 0 aliphatic heterocycles. The minimum atomic E-state index is -0.248. The van der Waals surface area contributed by atoms with Crippen molar-refractivity contribution in [3.05, 3.63) is 69.8 Å². The Morgan fingerprint density at radius 3 is 2.70 bits per heavy atom. The summed E-state index contributed by atoms with van der Waals surface area (Å²) in [5.74, 6) is 0.284. The SMILES string of the molecule is Cc1cc(-n2[nH]cc(-c3ccc(C#N)cc3)c2=O)ncc1C(=O)NC1CC1. The first-order chi connectivity index (χ1) is 13.1. The Morgan fingerprint density at radius 2 is 2.07 bits per heavy atom. The van der Waals surface area contributed by atoms with E-state index < -0.39 is 0 Å². The highest BCUT2D eigenvalue weighted by atomic mass is 16.2. The molecule has 134 valence electrons. The number of aromatic nitrogens is 3. The van der Waals surface area contributed by atoms with E-state index in [0.717, 1.165) is 18.4 Å². The number of aryl methyl sites for hydroxylation is 1. The molecule has 1 amide bonds. The van der Waals surface area contributed by atoms with Crippen molar-refractivity contribution in [3.63, 3.8) is 0 Å². The van der Waals surface area contributed by atoms with E-state index in [-0.39, 0.29) is 17.5 Å². The summed E-state index contributed by atoms with van der Waals surface area (Å²) in [6.45, 7) is 1.82. The van der Waals surface area contributed by atoms with Crippen molar-refractivity contribution in [1.82, 2.24) is 20.1 Å². The van der Waals surface area contributed by atoms with Gasteiger partial charge in [-0.05, 0) is 49.1 Å². The molecular weight excluding hydrogens is 342 g/mol. The van der Waals surface area contributed by atoms with Crippen LogP contribution in [0.25, 0.3) is 16.9 Å². The van der Waals surface area contributed by atoms with E-state index in [1.807, 2.05) is 6.92 Å². The zero-order valence-corrected chi connectivity index (χ0v) is 14.7. The van der Waals surface area contributed by atoms with Crippen LogP contribution < -0.4 is 10.9 Å². The van der Waals surface area contributed by atoms with Crippen LogP contribution in [0.2, 0.25) is 0 Å². The summed E-state index contributed by atoms with van der Waals surface area (Å²) in [5.41, 5.74) is 2.74. The highest BCUT2D eigenvalue weighted by Crippen LogP contribution is 2.20. The number of hydrogen-bond acceptors (Lipinski definition) is 4. The van der Waals surface area contributed by atoms with Gasteiger partial charge in [0.1, 0.15) is 0 Å². The summed E-state index contributed by atoms with van der Waals surface area (Å²) in [6, 6.07) is 10.8. The molecule has 0 bridgehead atoms. The molecule has 1 fully saturated rings. The molecule has 3 aromatic rings. The maximum absolute atomic E-state index is 12.8. The van der Waals surface area contributed by atoms with Gasteiger partial charge in [0.05, 0.1) is 22.8 Å². The lowest BCUT2D eigenvalue weighted by Crippen LogP contribution is -2.26. The van der Waals surface area contributed by atoms with Crippen LogP contribution in [0.15, 0.2) is 47.5 Å². The number of nitrogens with zero attached hydrogens (tertiary/aromatic N) is 3. The molecule has 2 N–H and O–H groups in total. The lowest BCUT2D eigenvalue weighted by molar-refractivity contribution is 0.0950. The highest BCUT2D eigenvalue weighted by molar-refractivity contribution is 5.95. The average molecular weight is 359 g/mol. The van der Waals surface area contributed by atoms with Crippen LogP contribution in [0.3, 0.4) is 0 Å². The van der Waals surface area contributed by atoms with Crippen LogP contribution in [-0.2, 0) is 0 Å². The molecular formula is C20H17N5O2. The first kappa shape index (κ1) is 16.8. The van der Waals surface area contributed by atoms with Gasteiger partial charge < -0.3 is 5.32 Å².